The van der Waals surface area contributed by atoms with Crippen LogP contribution in [0.3, 0.4) is 0 Å². The lowest BCUT2D eigenvalue weighted by Gasteiger charge is -2.18. The van der Waals surface area contributed by atoms with Crippen molar-refractivity contribution in [2.45, 2.75) is 11.8 Å². The Morgan fingerprint density at radius 2 is 1.93 bits per heavy atom. The van der Waals surface area contributed by atoms with E-state index in [-0.39, 0.29) is 17.1 Å². The summed E-state index contributed by atoms with van der Waals surface area (Å²) in [4.78, 5) is 28.0. The number of anilines is 1. The van der Waals surface area contributed by atoms with Crippen LogP contribution in [0.15, 0.2) is 70.3 Å². The number of ether oxygens (including phenoxy) is 1. The third-order valence-electron chi connectivity index (χ3n) is 4.26. The maximum atomic E-state index is 13.5. The molecule has 0 N–H and O–H groups in total. The predicted octanol–water partition coefficient (Wildman–Crippen LogP) is 4.42. The van der Waals surface area contributed by atoms with E-state index in [0.717, 1.165) is 4.90 Å². The van der Waals surface area contributed by atoms with Crippen molar-refractivity contribution in [3.63, 3.8) is 0 Å². The van der Waals surface area contributed by atoms with Gasteiger partial charge in [0.25, 0.3) is 5.91 Å². The Morgan fingerprint density at radius 1 is 1.19 bits per heavy atom. The molecule has 0 atom stereocenters. The molecule has 3 rings (SSSR count). The van der Waals surface area contributed by atoms with Crippen molar-refractivity contribution in [3.8, 4) is 0 Å². The maximum absolute atomic E-state index is 13.5. The molecule has 0 spiro atoms. The van der Waals surface area contributed by atoms with Gasteiger partial charge in [0.15, 0.2) is 0 Å². The lowest BCUT2D eigenvalue weighted by Crippen LogP contribution is -2.24. The highest BCUT2D eigenvalue weighted by molar-refractivity contribution is 7.98. The average Bonchev–Trinajstić information content (AvgIpc) is 2.91. The van der Waals surface area contributed by atoms with Gasteiger partial charge in [0.2, 0.25) is 0 Å². The monoisotopic (exact) mass is 383 g/mol. The van der Waals surface area contributed by atoms with Gasteiger partial charge in [0.05, 0.1) is 23.9 Å². The smallest absolute Gasteiger partial charge is 0.340 e. The first-order valence-corrected chi connectivity index (χ1v) is 9.44. The third kappa shape index (κ3) is 3.66. The molecule has 138 valence electrons. The number of nitrogens with zero attached hydrogens (tertiary/aromatic N) is 1. The Bertz CT molecular complexity index is 981. The molecule has 2 aromatic rings. The molecule has 6 heteroatoms. The topological polar surface area (TPSA) is 46.6 Å². The number of benzene rings is 2. The first-order valence-electron chi connectivity index (χ1n) is 8.21. The molecule has 1 aliphatic heterocycles. The number of carbonyl (C=O) groups is 2. The first kappa shape index (κ1) is 18.9. The lowest BCUT2D eigenvalue weighted by molar-refractivity contribution is -0.136. The van der Waals surface area contributed by atoms with Gasteiger partial charge in [-0.3, -0.25) is 9.69 Å². The predicted molar refractivity (Wildman–Crippen MR) is 105 cm³/mol. The fourth-order valence-corrected chi connectivity index (χ4v) is 3.46. The first-order chi connectivity index (χ1) is 13.0. The molecule has 27 heavy (non-hydrogen) atoms. The Balaban J connectivity index is 2.14. The van der Waals surface area contributed by atoms with Crippen LogP contribution in [0.4, 0.5) is 10.1 Å². The molecular weight excluding hydrogens is 365 g/mol. The van der Waals surface area contributed by atoms with E-state index in [1.54, 1.807) is 36.9 Å². The highest BCUT2D eigenvalue weighted by atomic mass is 32.2. The van der Waals surface area contributed by atoms with E-state index in [2.05, 4.69) is 0 Å². The second-order valence-corrected chi connectivity index (χ2v) is 6.79. The van der Waals surface area contributed by atoms with Crippen molar-refractivity contribution in [3.05, 3.63) is 76.8 Å². The van der Waals surface area contributed by atoms with Gasteiger partial charge in [-0.15, -0.1) is 11.8 Å². The fourth-order valence-electron chi connectivity index (χ4n) is 3.00. The van der Waals surface area contributed by atoms with Gasteiger partial charge in [-0.05, 0) is 55.2 Å². The van der Waals surface area contributed by atoms with Crippen molar-refractivity contribution >= 4 is 35.4 Å². The zero-order valence-corrected chi connectivity index (χ0v) is 16.0. The van der Waals surface area contributed by atoms with Gasteiger partial charge >= 0.3 is 5.97 Å². The van der Waals surface area contributed by atoms with Crippen LogP contribution < -0.4 is 4.90 Å². The number of rotatable bonds is 4. The Labute approximate surface area is 161 Å². The van der Waals surface area contributed by atoms with Crippen LogP contribution in [0.25, 0.3) is 6.08 Å². The van der Waals surface area contributed by atoms with Crippen LogP contribution in [-0.2, 0) is 14.3 Å². The van der Waals surface area contributed by atoms with E-state index in [1.807, 2.05) is 24.5 Å². The van der Waals surface area contributed by atoms with Gasteiger partial charge in [0.1, 0.15) is 5.82 Å². The van der Waals surface area contributed by atoms with Crippen molar-refractivity contribution in [1.29, 1.82) is 0 Å². The molecule has 0 aromatic heterocycles. The third-order valence-corrected chi connectivity index (χ3v) is 4.99. The summed E-state index contributed by atoms with van der Waals surface area (Å²) in [6, 6.07) is 13.3. The second kappa shape index (κ2) is 7.80. The molecule has 2 aromatic carbocycles. The van der Waals surface area contributed by atoms with Gasteiger partial charge in [-0.1, -0.05) is 18.2 Å². The molecule has 0 bridgehead atoms. The van der Waals surface area contributed by atoms with Crippen molar-refractivity contribution in [2.24, 2.45) is 0 Å². The number of hydrogen-bond donors (Lipinski definition) is 0. The molecule has 1 aliphatic rings. The summed E-state index contributed by atoms with van der Waals surface area (Å²) < 4.78 is 18.4. The number of halogens is 1. The van der Waals surface area contributed by atoms with Gasteiger partial charge in [0, 0.05) is 10.6 Å². The number of allylic oxidation sites excluding steroid dienone is 1. The molecule has 0 fully saturated rings. The Hall–Kier alpha value is -2.86. The molecule has 1 amide bonds. The summed E-state index contributed by atoms with van der Waals surface area (Å²) >= 11 is 1.56. The minimum atomic E-state index is -0.605. The quantitative estimate of drug-likeness (QED) is 0.445. The molecule has 0 aliphatic carbocycles. The minimum Gasteiger partial charge on any atom is -0.465 e. The number of methoxy groups -OCH3 is 1. The average molecular weight is 383 g/mol. The standard InChI is InChI=1S/C21H18FNO3S/c1-13-19(21(25)26-2)18(11-14-6-4-7-15(22)10-14)20(24)23(13)16-8-5-9-17(12-16)27-3/h4-12H,1-3H3/b18-11-. The number of amides is 1. The van der Waals surface area contributed by atoms with Crippen LogP contribution >= 0.6 is 11.8 Å². The zero-order valence-electron chi connectivity index (χ0n) is 15.2. The number of hydrogen-bond acceptors (Lipinski definition) is 4. The van der Waals surface area contributed by atoms with E-state index >= 15 is 0 Å². The van der Waals surface area contributed by atoms with Crippen molar-refractivity contribution < 1.29 is 18.7 Å². The summed E-state index contributed by atoms with van der Waals surface area (Å²) in [5, 5.41) is 0. The largest absolute Gasteiger partial charge is 0.465 e. The van der Waals surface area contributed by atoms with E-state index in [1.165, 1.54) is 30.2 Å². The van der Waals surface area contributed by atoms with Crippen LogP contribution in [0.5, 0.6) is 0 Å². The molecule has 0 saturated carbocycles. The molecular formula is C21H18FNO3S. The van der Waals surface area contributed by atoms with Crippen LogP contribution in [0.2, 0.25) is 0 Å². The molecule has 0 saturated heterocycles. The summed E-state index contributed by atoms with van der Waals surface area (Å²) in [6.07, 6.45) is 3.46. The van der Waals surface area contributed by atoms with Crippen molar-refractivity contribution in [2.75, 3.05) is 18.3 Å². The number of thioether (sulfide) groups is 1. The van der Waals surface area contributed by atoms with Crippen molar-refractivity contribution in [1.82, 2.24) is 0 Å². The molecule has 0 unspecified atom stereocenters. The highest BCUT2D eigenvalue weighted by Gasteiger charge is 2.37. The lowest BCUT2D eigenvalue weighted by atomic mass is 10.0. The van der Waals surface area contributed by atoms with Crippen LogP contribution in [-0.4, -0.2) is 25.2 Å². The Kier molecular flexibility index (Phi) is 5.46. The van der Waals surface area contributed by atoms with Crippen LogP contribution in [0, 0.1) is 5.82 Å². The Morgan fingerprint density at radius 3 is 2.59 bits per heavy atom. The maximum Gasteiger partial charge on any atom is 0.340 e. The second-order valence-electron chi connectivity index (χ2n) is 5.91. The minimum absolute atomic E-state index is 0.180. The SMILES string of the molecule is COC(=O)C1=C(C)N(c2cccc(SC)c2)C(=O)/C1=C\c1cccc(F)c1. The van der Waals surface area contributed by atoms with Crippen LogP contribution in [0.1, 0.15) is 12.5 Å². The number of carbonyl (C=O) groups excluding carboxylic acids is 2. The normalized spacial score (nSPS) is 15.6. The summed E-state index contributed by atoms with van der Waals surface area (Å²) in [5.41, 5.74) is 1.99. The van der Waals surface area contributed by atoms with E-state index in [4.69, 9.17) is 4.74 Å². The van der Waals surface area contributed by atoms with Gasteiger partial charge < -0.3 is 4.74 Å². The summed E-state index contributed by atoms with van der Waals surface area (Å²) in [6.45, 7) is 1.70. The summed E-state index contributed by atoms with van der Waals surface area (Å²) in [7, 11) is 1.27. The summed E-state index contributed by atoms with van der Waals surface area (Å²) in [5.74, 6) is -1.37. The van der Waals surface area contributed by atoms with E-state index in [9.17, 15) is 14.0 Å². The molecule has 0 radical (unpaired) electrons. The highest BCUT2D eigenvalue weighted by Crippen LogP contribution is 2.36. The molecule has 1 heterocycles. The zero-order chi connectivity index (χ0) is 19.6. The van der Waals surface area contributed by atoms with Gasteiger partial charge in [-0.25, -0.2) is 9.18 Å². The van der Waals surface area contributed by atoms with Gasteiger partial charge in [-0.2, -0.15) is 0 Å². The fraction of sp³-hybridized carbons (Fsp3) is 0.143. The molecule has 4 nitrogen and oxygen atoms in total. The van der Waals surface area contributed by atoms with E-state index in [0.29, 0.717) is 16.9 Å². The number of esters is 1. The van der Waals surface area contributed by atoms with E-state index < -0.39 is 11.8 Å².